The molecule has 0 spiro atoms. The predicted octanol–water partition coefficient (Wildman–Crippen LogP) is 2.94. The fraction of sp³-hybridized carbons (Fsp3) is 0.542. The average Bonchev–Trinajstić information content (AvgIpc) is 3.01. The summed E-state index contributed by atoms with van der Waals surface area (Å²) in [6, 6.07) is 7.18. The van der Waals surface area contributed by atoms with Crippen LogP contribution in [0, 0.1) is 0 Å². The van der Waals surface area contributed by atoms with Gasteiger partial charge in [0.15, 0.2) is 0 Å². The van der Waals surface area contributed by atoms with Crippen LogP contribution in [0.3, 0.4) is 0 Å². The molecule has 1 aromatic rings. The topological polar surface area (TPSA) is 73.0 Å². The van der Waals surface area contributed by atoms with Crippen LogP contribution in [0.15, 0.2) is 30.0 Å². The fourth-order valence-corrected chi connectivity index (χ4v) is 4.23. The van der Waals surface area contributed by atoms with Gasteiger partial charge in [-0.05, 0) is 30.7 Å². The number of likely N-dealkylation sites (N-methyl/N-ethyl adjacent to an activating group) is 1. The summed E-state index contributed by atoms with van der Waals surface area (Å²) in [4.78, 5) is 43.9. The van der Waals surface area contributed by atoms with Crippen LogP contribution in [-0.2, 0) is 14.4 Å². The number of hydrogen-bond acceptors (Lipinski definition) is 5. The summed E-state index contributed by atoms with van der Waals surface area (Å²) in [5.74, 6) is -0.527. The number of imide groups is 1. The molecule has 2 aliphatic heterocycles. The standard InChI is InChI=1S/C24H34N4O3/c1-4-6-7-8-13-28-23(30)21(19-9-11-20(12-10-19)25-18(3)29)22(24(28)31)27-16-14-26(5-2)15-17-27/h9-12H,4-8,13-17H2,1-3H3,(H,25,29). The molecule has 3 amide bonds. The third-order valence-corrected chi connectivity index (χ3v) is 6.01. The molecule has 7 heteroatoms. The van der Waals surface area contributed by atoms with Crippen molar-refractivity contribution in [1.82, 2.24) is 14.7 Å². The molecule has 1 saturated heterocycles. The number of unbranched alkanes of at least 4 members (excludes halogenated alkanes) is 3. The molecule has 0 atom stereocenters. The number of benzene rings is 1. The first-order valence-corrected chi connectivity index (χ1v) is 11.4. The monoisotopic (exact) mass is 426 g/mol. The van der Waals surface area contributed by atoms with Gasteiger partial charge in [-0.15, -0.1) is 0 Å². The Hall–Kier alpha value is -2.67. The van der Waals surface area contributed by atoms with E-state index in [1.165, 1.54) is 11.8 Å². The van der Waals surface area contributed by atoms with Crippen molar-refractivity contribution in [3.63, 3.8) is 0 Å². The zero-order chi connectivity index (χ0) is 22.4. The molecule has 0 radical (unpaired) electrons. The number of hydrogen-bond donors (Lipinski definition) is 1. The Bertz CT molecular complexity index is 839. The van der Waals surface area contributed by atoms with E-state index < -0.39 is 0 Å². The van der Waals surface area contributed by atoms with Crippen molar-refractivity contribution in [2.45, 2.75) is 46.5 Å². The molecule has 0 bridgehead atoms. The molecule has 0 saturated carbocycles. The van der Waals surface area contributed by atoms with Gasteiger partial charge in [0.1, 0.15) is 5.70 Å². The van der Waals surface area contributed by atoms with Gasteiger partial charge in [-0.1, -0.05) is 45.2 Å². The number of rotatable bonds is 9. The lowest BCUT2D eigenvalue weighted by Gasteiger charge is -2.36. The van der Waals surface area contributed by atoms with Crippen LogP contribution in [0.5, 0.6) is 0 Å². The molecule has 168 valence electrons. The summed E-state index contributed by atoms with van der Waals surface area (Å²) >= 11 is 0. The van der Waals surface area contributed by atoms with Gasteiger partial charge in [-0.2, -0.15) is 0 Å². The lowest BCUT2D eigenvalue weighted by Crippen LogP contribution is -2.47. The minimum Gasteiger partial charge on any atom is -0.364 e. The minimum absolute atomic E-state index is 0.146. The van der Waals surface area contributed by atoms with Crippen LogP contribution in [0.1, 0.15) is 52.0 Å². The van der Waals surface area contributed by atoms with Gasteiger partial charge < -0.3 is 15.1 Å². The summed E-state index contributed by atoms with van der Waals surface area (Å²) in [6.45, 7) is 10.4. The summed E-state index contributed by atoms with van der Waals surface area (Å²) in [7, 11) is 0. The normalized spacial score (nSPS) is 17.6. The molecule has 0 unspecified atom stereocenters. The lowest BCUT2D eigenvalue weighted by atomic mass is 10.0. The van der Waals surface area contributed by atoms with E-state index in [1.54, 1.807) is 12.1 Å². The Morgan fingerprint density at radius 2 is 1.61 bits per heavy atom. The highest BCUT2D eigenvalue weighted by atomic mass is 16.2. The number of piperazine rings is 1. The second-order valence-electron chi connectivity index (χ2n) is 8.23. The quantitative estimate of drug-likeness (QED) is 0.486. The Morgan fingerprint density at radius 3 is 2.19 bits per heavy atom. The molecule has 1 N–H and O–H groups in total. The Balaban J connectivity index is 1.88. The molecular weight excluding hydrogens is 392 g/mol. The Kier molecular flexibility index (Phi) is 7.85. The zero-order valence-electron chi connectivity index (χ0n) is 18.9. The molecule has 0 aliphatic carbocycles. The third kappa shape index (κ3) is 5.34. The fourth-order valence-electron chi connectivity index (χ4n) is 4.23. The van der Waals surface area contributed by atoms with Crippen molar-refractivity contribution in [3.8, 4) is 0 Å². The molecule has 3 rings (SSSR count). The number of nitrogens with zero attached hydrogens (tertiary/aromatic N) is 3. The highest BCUT2D eigenvalue weighted by Crippen LogP contribution is 2.33. The molecule has 2 aliphatic rings. The molecule has 0 aromatic heterocycles. The van der Waals surface area contributed by atoms with Gasteiger partial charge in [0.05, 0.1) is 5.57 Å². The molecule has 31 heavy (non-hydrogen) atoms. The second kappa shape index (κ2) is 10.6. The average molecular weight is 427 g/mol. The van der Waals surface area contributed by atoms with Gasteiger partial charge in [-0.25, -0.2) is 0 Å². The lowest BCUT2D eigenvalue weighted by molar-refractivity contribution is -0.137. The van der Waals surface area contributed by atoms with Gasteiger partial charge in [0.25, 0.3) is 11.8 Å². The third-order valence-electron chi connectivity index (χ3n) is 6.01. The highest BCUT2D eigenvalue weighted by Gasteiger charge is 2.41. The van der Waals surface area contributed by atoms with Gasteiger partial charge in [0.2, 0.25) is 5.91 Å². The molecule has 2 heterocycles. The van der Waals surface area contributed by atoms with Crippen LogP contribution >= 0.6 is 0 Å². The highest BCUT2D eigenvalue weighted by molar-refractivity contribution is 6.35. The van der Waals surface area contributed by atoms with Crippen molar-refractivity contribution >= 4 is 29.0 Å². The molecular formula is C24H34N4O3. The van der Waals surface area contributed by atoms with Crippen LogP contribution in [0.25, 0.3) is 5.57 Å². The van der Waals surface area contributed by atoms with Crippen molar-refractivity contribution < 1.29 is 14.4 Å². The number of carbonyl (C=O) groups excluding carboxylic acids is 3. The largest absolute Gasteiger partial charge is 0.364 e. The number of nitrogens with one attached hydrogen (secondary N) is 1. The van der Waals surface area contributed by atoms with E-state index in [0.29, 0.717) is 23.5 Å². The van der Waals surface area contributed by atoms with Crippen LogP contribution in [0.4, 0.5) is 5.69 Å². The van der Waals surface area contributed by atoms with Crippen molar-refractivity contribution in [1.29, 1.82) is 0 Å². The first kappa shape index (κ1) is 23.0. The summed E-state index contributed by atoms with van der Waals surface area (Å²) in [5, 5.41) is 2.74. The summed E-state index contributed by atoms with van der Waals surface area (Å²) < 4.78 is 0. The Morgan fingerprint density at radius 1 is 0.935 bits per heavy atom. The summed E-state index contributed by atoms with van der Waals surface area (Å²) in [5.41, 5.74) is 2.41. The number of carbonyl (C=O) groups is 3. The van der Waals surface area contributed by atoms with Crippen LogP contribution in [0.2, 0.25) is 0 Å². The van der Waals surface area contributed by atoms with Crippen molar-refractivity contribution in [3.05, 3.63) is 35.5 Å². The van der Waals surface area contributed by atoms with E-state index in [4.69, 9.17) is 0 Å². The summed E-state index contributed by atoms with van der Waals surface area (Å²) in [6.07, 6.45) is 4.06. The predicted molar refractivity (Wildman–Crippen MR) is 122 cm³/mol. The van der Waals surface area contributed by atoms with Crippen molar-refractivity contribution in [2.75, 3.05) is 44.6 Å². The maximum Gasteiger partial charge on any atom is 0.277 e. The van der Waals surface area contributed by atoms with E-state index >= 15 is 0 Å². The Labute approximate surface area is 185 Å². The minimum atomic E-state index is -0.207. The second-order valence-corrected chi connectivity index (χ2v) is 8.23. The maximum atomic E-state index is 13.4. The first-order valence-electron chi connectivity index (χ1n) is 11.4. The van der Waals surface area contributed by atoms with E-state index in [-0.39, 0.29) is 17.7 Å². The molecule has 1 aromatic carbocycles. The smallest absolute Gasteiger partial charge is 0.277 e. The van der Waals surface area contributed by atoms with E-state index in [0.717, 1.165) is 64.0 Å². The van der Waals surface area contributed by atoms with Gasteiger partial charge in [0, 0.05) is 45.3 Å². The zero-order valence-corrected chi connectivity index (χ0v) is 18.9. The SMILES string of the molecule is CCCCCCN1C(=O)C(c2ccc(NC(C)=O)cc2)=C(N2CCN(CC)CC2)C1=O. The van der Waals surface area contributed by atoms with E-state index in [9.17, 15) is 14.4 Å². The van der Waals surface area contributed by atoms with Crippen LogP contribution in [-0.4, -0.2) is 71.7 Å². The van der Waals surface area contributed by atoms with Gasteiger partial charge >= 0.3 is 0 Å². The molecule has 7 nitrogen and oxygen atoms in total. The van der Waals surface area contributed by atoms with E-state index in [1.807, 2.05) is 12.1 Å². The van der Waals surface area contributed by atoms with E-state index in [2.05, 4.69) is 29.0 Å². The van der Waals surface area contributed by atoms with Crippen LogP contribution < -0.4 is 5.32 Å². The van der Waals surface area contributed by atoms with Gasteiger partial charge in [-0.3, -0.25) is 19.3 Å². The number of anilines is 1. The van der Waals surface area contributed by atoms with Crippen molar-refractivity contribution in [2.24, 2.45) is 0 Å². The first-order chi connectivity index (χ1) is 15.0. The number of amides is 3. The molecule has 1 fully saturated rings. The maximum absolute atomic E-state index is 13.4.